The lowest BCUT2D eigenvalue weighted by molar-refractivity contribution is 0.0575. The molecule has 30 heavy (non-hydrogen) atoms. The molecule has 1 aromatic heterocycles. The zero-order chi connectivity index (χ0) is 21.9. The van der Waals surface area contributed by atoms with Crippen LogP contribution in [0.15, 0.2) is 12.1 Å². The van der Waals surface area contributed by atoms with Crippen LogP contribution in [0.2, 0.25) is 0 Å². The van der Waals surface area contributed by atoms with E-state index < -0.39 is 5.60 Å². The number of halogens is 1. The second-order valence-corrected chi connectivity index (χ2v) is 8.24. The molecule has 0 saturated carbocycles. The van der Waals surface area contributed by atoms with Crippen molar-refractivity contribution in [2.75, 3.05) is 45.4 Å². The largest absolute Gasteiger partial charge is 0.443 e. The first-order valence-corrected chi connectivity index (χ1v) is 10.4. The van der Waals surface area contributed by atoms with Crippen LogP contribution < -0.4 is 10.2 Å². The van der Waals surface area contributed by atoms with Crippen LogP contribution >= 0.6 is 13.5 Å². The molecule has 1 atom stereocenters. The summed E-state index contributed by atoms with van der Waals surface area (Å²) in [7, 11) is 2.21. The van der Waals surface area contributed by atoms with E-state index in [2.05, 4.69) is 24.4 Å². The summed E-state index contributed by atoms with van der Waals surface area (Å²) in [4.78, 5) is 19.2. The molecule has 0 aromatic carbocycles. The Balaban J connectivity index is 0.00000272. The molecule has 0 saturated heterocycles. The Hall–Kier alpha value is -1.38. The van der Waals surface area contributed by atoms with Gasteiger partial charge in [0.15, 0.2) is 0 Å². The number of aromatic nitrogens is 1. The number of pyridine rings is 1. The van der Waals surface area contributed by atoms with Crippen LogP contribution in [0.5, 0.6) is 0 Å². The number of methoxy groups -OCH3 is 1. The monoisotopic (exact) mass is 445 g/mol. The highest BCUT2D eigenvalue weighted by Gasteiger charge is 2.31. The minimum Gasteiger partial charge on any atom is -0.443 e. The average Bonchev–Trinajstić information content (AvgIpc) is 2.67. The van der Waals surface area contributed by atoms with E-state index in [4.69, 9.17) is 14.5 Å². The molecule has 1 aromatic rings. The topological polar surface area (TPSA) is 63.7 Å². The van der Waals surface area contributed by atoms with Crippen molar-refractivity contribution >= 4 is 25.4 Å². The van der Waals surface area contributed by atoms with Gasteiger partial charge in [0.1, 0.15) is 11.4 Å². The Morgan fingerprint density at radius 3 is 2.60 bits per heavy atom. The highest BCUT2D eigenvalue weighted by Crippen LogP contribution is 2.34. The van der Waals surface area contributed by atoms with Crippen LogP contribution in [0.3, 0.4) is 0 Å². The SMILES string of the molecule is CF.COCCNCCCCc1ccc2c(n1)N(C(=O)OC(C)(C)C)CCC2C.S. The third kappa shape index (κ3) is 9.62. The van der Waals surface area contributed by atoms with Crippen LogP contribution in [-0.2, 0) is 15.9 Å². The van der Waals surface area contributed by atoms with Crippen molar-refractivity contribution in [3.63, 3.8) is 0 Å². The predicted molar refractivity (Wildman–Crippen MR) is 126 cm³/mol. The number of aryl methyl sites for hydroxylation is 1. The second kappa shape index (κ2) is 14.6. The summed E-state index contributed by atoms with van der Waals surface area (Å²) in [6.07, 6.45) is 3.70. The van der Waals surface area contributed by atoms with Gasteiger partial charge in [-0.3, -0.25) is 9.29 Å². The molecule has 0 spiro atoms. The molecule has 1 aliphatic heterocycles. The first-order chi connectivity index (χ1) is 13.8. The smallest absolute Gasteiger partial charge is 0.416 e. The van der Waals surface area contributed by atoms with Gasteiger partial charge in [0.25, 0.3) is 0 Å². The van der Waals surface area contributed by atoms with Gasteiger partial charge < -0.3 is 14.8 Å². The molecule has 2 rings (SSSR count). The number of hydrogen-bond donors (Lipinski definition) is 1. The predicted octanol–water partition coefficient (Wildman–Crippen LogP) is 4.59. The van der Waals surface area contributed by atoms with Gasteiger partial charge in [-0.1, -0.05) is 13.0 Å². The van der Waals surface area contributed by atoms with E-state index in [-0.39, 0.29) is 19.6 Å². The van der Waals surface area contributed by atoms with Crippen molar-refractivity contribution in [3.05, 3.63) is 23.4 Å². The molecular weight excluding hydrogens is 405 g/mol. The summed E-state index contributed by atoms with van der Waals surface area (Å²) in [5, 5.41) is 3.36. The summed E-state index contributed by atoms with van der Waals surface area (Å²) in [6, 6.07) is 4.24. The number of rotatable bonds is 8. The standard InChI is InChI=1S/C21H35N3O3.CH3F.H2S/c1-16-11-14-24(20(25)27-21(2,3)4)19-18(16)10-9-17(23-19)8-6-7-12-22-13-15-26-5;1-2;/h9-10,16,22H,6-8,11-15H2,1-5H3;1H3;1H2. The Morgan fingerprint density at radius 1 is 1.27 bits per heavy atom. The summed E-state index contributed by atoms with van der Waals surface area (Å²) < 4.78 is 20.1. The number of nitrogens with zero attached hydrogens (tertiary/aromatic N) is 2. The van der Waals surface area contributed by atoms with E-state index in [0.717, 1.165) is 62.5 Å². The number of ether oxygens (including phenoxy) is 2. The van der Waals surface area contributed by atoms with E-state index in [1.807, 2.05) is 20.8 Å². The highest BCUT2D eigenvalue weighted by atomic mass is 32.1. The van der Waals surface area contributed by atoms with Gasteiger partial charge in [0, 0.05) is 25.9 Å². The molecule has 174 valence electrons. The molecule has 1 amide bonds. The van der Waals surface area contributed by atoms with E-state index >= 15 is 0 Å². The van der Waals surface area contributed by atoms with Crippen LogP contribution in [-0.4, -0.2) is 57.2 Å². The van der Waals surface area contributed by atoms with Gasteiger partial charge in [-0.15, -0.1) is 0 Å². The molecule has 6 nitrogen and oxygen atoms in total. The lowest BCUT2D eigenvalue weighted by Crippen LogP contribution is -2.41. The van der Waals surface area contributed by atoms with Gasteiger partial charge in [0.05, 0.1) is 13.8 Å². The summed E-state index contributed by atoms with van der Waals surface area (Å²) in [5.74, 6) is 1.18. The third-order valence-corrected chi connectivity index (χ3v) is 4.67. The second-order valence-electron chi connectivity index (χ2n) is 8.24. The van der Waals surface area contributed by atoms with Crippen LogP contribution in [0, 0.1) is 0 Å². The number of carbonyl (C=O) groups is 1. The van der Waals surface area contributed by atoms with Gasteiger partial charge in [-0.05, 0) is 70.5 Å². The van der Waals surface area contributed by atoms with E-state index in [1.165, 1.54) is 0 Å². The Labute approximate surface area is 188 Å². The normalized spacial score (nSPS) is 15.4. The minimum atomic E-state index is -0.506. The van der Waals surface area contributed by atoms with Crippen molar-refractivity contribution < 1.29 is 18.7 Å². The molecular formula is C22H40FN3O3S. The summed E-state index contributed by atoms with van der Waals surface area (Å²) in [5.41, 5.74) is 1.67. The van der Waals surface area contributed by atoms with Gasteiger partial charge in [-0.2, -0.15) is 13.5 Å². The Morgan fingerprint density at radius 2 is 1.97 bits per heavy atom. The number of nitrogens with one attached hydrogen (secondary N) is 1. The maximum absolute atomic E-state index is 12.6. The average molecular weight is 446 g/mol. The molecule has 1 aliphatic rings. The Kier molecular flexibility index (Phi) is 13.9. The summed E-state index contributed by atoms with van der Waals surface area (Å²) in [6.45, 7) is 11.1. The van der Waals surface area contributed by atoms with Gasteiger partial charge in [-0.25, -0.2) is 9.78 Å². The molecule has 1 unspecified atom stereocenters. The Bertz CT molecular complexity index is 626. The number of carbonyl (C=O) groups excluding carboxylic acids is 1. The van der Waals surface area contributed by atoms with Crippen LogP contribution in [0.4, 0.5) is 15.0 Å². The first-order valence-electron chi connectivity index (χ1n) is 10.4. The van der Waals surface area contributed by atoms with Crippen LogP contribution in [0.25, 0.3) is 0 Å². The maximum atomic E-state index is 12.6. The fourth-order valence-corrected chi connectivity index (χ4v) is 3.17. The first kappa shape index (κ1) is 28.6. The number of hydrogen-bond acceptors (Lipinski definition) is 5. The zero-order valence-corrected chi connectivity index (χ0v) is 20.4. The fraction of sp³-hybridized carbons (Fsp3) is 0.727. The molecule has 0 radical (unpaired) electrons. The fourth-order valence-electron chi connectivity index (χ4n) is 3.17. The highest BCUT2D eigenvalue weighted by molar-refractivity contribution is 7.59. The van der Waals surface area contributed by atoms with Crippen molar-refractivity contribution in [3.8, 4) is 0 Å². The maximum Gasteiger partial charge on any atom is 0.416 e. The molecule has 2 heterocycles. The minimum absolute atomic E-state index is 0. The summed E-state index contributed by atoms with van der Waals surface area (Å²) >= 11 is 0. The number of fused-ring (bicyclic) bond motifs is 1. The van der Waals surface area contributed by atoms with E-state index in [0.29, 0.717) is 19.6 Å². The zero-order valence-electron chi connectivity index (χ0n) is 19.4. The number of alkyl halides is 1. The quantitative estimate of drug-likeness (QED) is 0.593. The van der Waals surface area contributed by atoms with Crippen molar-refractivity contribution in [1.82, 2.24) is 10.3 Å². The third-order valence-electron chi connectivity index (χ3n) is 4.67. The van der Waals surface area contributed by atoms with Gasteiger partial charge in [0.2, 0.25) is 0 Å². The molecule has 0 fully saturated rings. The van der Waals surface area contributed by atoms with Crippen molar-refractivity contribution in [1.29, 1.82) is 0 Å². The lowest BCUT2D eigenvalue weighted by atomic mass is 9.93. The number of anilines is 1. The molecule has 1 N–H and O–H groups in total. The molecule has 0 bridgehead atoms. The molecule has 8 heteroatoms. The number of unbranched alkanes of at least 4 members (excludes halogenated alkanes) is 1. The molecule has 0 aliphatic carbocycles. The van der Waals surface area contributed by atoms with Crippen LogP contribution in [0.1, 0.15) is 64.1 Å². The number of amides is 1. The van der Waals surface area contributed by atoms with Gasteiger partial charge >= 0.3 is 6.09 Å². The van der Waals surface area contributed by atoms with E-state index in [9.17, 15) is 9.18 Å². The van der Waals surface area contributed by atoms with E-state index in [1.54, 1.807) is 12.0 Å². The lowest BCUT2D eigenvalue weighted by Gasteiger charge is -2.33. The van der Waals surface area contributed by atoms with Crippen molar-refractivity contribution in [2.45, 2.75) is 64.9 Å². The van der Waals surface area contributed by atoms with Crippen molar-refractivity contribution in [2.24, 2.45) is 0 Å².